The Morgan fingerprint density at radius 3 is 2.42 bits per heavy atom. The first kappa shape index (κ1) is 14.9. The van der Waals surface area contributed by atoms with Gasteiger partial charge in [0.25, 0.3) is 5.91 Å². The normalized spacial score (nSPS) is 11.0. The maximum atomic E-state index is 12.3. The summed E-state index contributed by atoms with van der Waals surface area (Å²) in [5, 5.41) is 0. The second-order valence-corrected chi connectivity index (χ2v) is 3.67. The molecule has 0 N–H and O–H groups in total. The number of esters is 1. The van der Waals surface area contributed by atoms with Crippen LogP contribution in [-0.4, -0.2) is 42.5 Å². The van der Waals surface area contributed by atoms with Gasteiger partial charge < -0.3 is 9.64 Å². The monoisotopic (exact) mass is 276 g/mol. The van der Waals surface area contributed by atoms with E-state index in [4.69, 9.17) is 0 Å². The highest BCUT2D eigenvalue weighted by molar-refractivity contribution is 5.94. The van der Waals surface area contributed by atoms with Crippen LogP contribution in [0.4, 0.5) is 13.2 Å². The second-order valence-electron chi connectivity index (χ2n) is 3.67. The average Bonchev–Trinajstić information content (AvgIpc) is 2.36. The first-order chi connectivity index (χ1) is 8.75. The van der Waals surface area contributed by atoms with Crippen molar-refractivity contribution in [2.75, 3.05) is 20.7 Å². The Bertz CT molecular complexity index is 471. The molecular weight excluding hydrogens is 265 g/mol. The molecule has 0 aliphatic rings. The summed E-state index contributed by atoms with van der Waals surface area (Å²) in [6, 6.07) is 1.71. The quantitative estimate of drug-likeness (QED) is 0.782. The lowest BCUT2D eigenvalue weighted by molar-refractivity contribution is -0.141. The summed E-state index contributed by atoms with van der Waals surface area (Å²) in [5.74, 6) is -1.30. The third kappa shape index (κ3) is 3.94. The number of aromatic nitrogens is 1. The van der Waals surface area contributed by atoms with Gasteiger partial charge in [-0.3, -0.25) is 14.6 Å². The molecule has 5 nitrogen and oxygen atoms in total. The summed E-state index contributed by atoms with van der Waals surface area (Å²) in [6.07, 6.45) is -3.94. The smallest absolute Gasteiger partial charge is 0.417 e. The van der Waals surface area contributed by atoms with Crippen molar-refractivity contribution in [3.05, 3.63) is 29.6 Å². The van der Waals surface area contributed by atoms with Gasteiger partial charge in [-0.1, -0.05) is 0 Å². The van der Waals surface area contributed by atoms with E-state index >= 15 is 0 Å². The molecule has 0 spiro atoms. The number of pyridine rings is 1. The minimum absolute atomic E-state index is 0.181. The van der Waals surface area contributed by atoms with E-state index in [0.717, 1.165) is 24.1 Å². The molecule has 1 amide bonds. The van der Waals surface area contributed by atoms with E-state index in [9.17, 15) is 22.8 Å². The van der Waals surface area contributed by atoms with Crippen molar-refractivity contribution in [1.82, 2.24) is 9.88 Å². The number of hydrogen-bond donors (Lipinski definition) is 0. The van der Waals surface area contributed by atoms with Gasteiger partial charge in [-0.2, -0.15) is 13.2 Å². The topological polar surface area (TPSA) is 59.5 Å². The molecule has 1 rings (SSSR count). The Morgan fingerprint density at radius 2 is 2.00 bits per heavy atom. The minimum atomic E-state index is -4.51. The van der Waals surface area contributed by atoms with Gasteiger partial charge in [-0.05, 0) is 12.1 Å². The van der Waals surface area contributed by atoms with Gasteiger partial charge in [-0.25, -0.2) is 0 Å². The zero-order valence-corrected chi connectivity index (χ0v) is 10.2. The summed E-state index contributed by atoms with van der Waals surface area (Å²) < 4.78 is 41.3. The maximum absolute atomic E-state index is 12.3. The largest absolute Gasteiger partial charge is 0.468 e. The van der Waals surface area contributed by atoms with Gasteiger partial charge in [-0.15, -0.1) is 0 Å². The molecule has 0 aliphatic heterocycles. The summed E-state index contributed by atoms with van der Waals surface area (Å²) >= 11 is 0. The van der Waals surface area contributed by atoms with Crippen molar-refractivity contribution in [2.24, 2.45) is 0 Å². The van der Waals surface area contributed by atoms with Crippen molar-refractivity contribution >= 4 is 11.9 Å². The summed E-state index contributed by atoms with van der Waals surface area (Å²) in [5.41, 5.74) is -1.13. The van der Waals surface area contributed by atoms with Crippen molar-refractivity contribution in [2.45, 2.75) is 6.18 Å². The highest BCUT2D eigenvalue weighted by Crippen LogP contribution is 2.28. The van der Waals surface area contributed by atoms with Crippen molar-refractivity contribution in [3.8, 4) is 0 Å². The Hall–Kier alpha value is -2.12. The fourth-order valence-electron chi connectivity index (χ4n) is 1.21. The predicted molar refractivity (Wildman–Crippen MR) is 58.2 cm³/mol. The Balaban J connectivity index is 2.81. The molecule has 1 heterocycles. The molecule has 1 aromatic heterocycles. The van der Waals surface area contributed by atoms with E-state index in [2.05, 4.69) is 9.72 Å². The number of carbonyl (C=O) groups is 2. The van der Waals surface area contributed by atoms with Gasteiger partial charge in [0.1, 0.15) is 12.2 Å². The van der Waals surface area contributed by atoms with Crippen LogP contribution in [0.1, 0.15) is 16.1 Å². The molecule has 0 radical (unpaired) electrons. The zero-order chi connectivity index (χ0) is 14.6. The SMILES string of the molecule is COC(=O)CN(C)C(=O)c1ccc(C(F)(F)F)cn1. The Kier molecular flexibility index (Phi) is 4.47. The average molecular weight is 276 g/mol. The van der Waals surface area contributed by atoms with Crippen LogP contribution in [0.5, 0.6) is 0 Å². The van der Waals surface area contributed by atoms with E-state index in [1.54, 1.807) is 0 Å². The number of ether oxygens (including phenoxy) is 1. The number of amides is 1. The van der Waals surface area contributed by atoms with E-state index in [1.165, 1.54) is 7.05 Å². The first-order valence-electron chi connectivity index (χ1n) is 5.11. The van der Waals surface area contributed by atoms with E-state index in [0.29, 0.717) is 6.20 Å². The molecule has 0 aliphatic carbocycles. The number of halogens is 3. The number of rotatable bonds is 3. The molecular formula is C11H11F3N2O3. The molecule has 0 saturated carbocycles. The second kappa shape index (κ2) is 5.68. The maximum Gasteiger partial charge on any atom is 0.417 e. The molecule has 0 aromatic carbocycles. The number of likely N-dealkylation sites (N-methyl/N-ethyl adjacent to an activating group) is 1. The summed E-state index contributed by atoms with van der Waals surface area (Å²) in [6.45, 7) is -0.308. The van der Waals surface area contributed by atoms with Gasteiger partial charge >= 0.3 is 12.1 Å². The minimum Gasteiger partial charge on any atom is -0.468 e. The van der Waals surface area contributed by atoms with Gasteiger partial charge in [0.2, 0.25) is 0 Å². The number of hydrogen-bond acceptors (Lipinski definition) is 4. The van der Waals surface area contributed by atoms with Crippen molar-refractivity contribution in [3.63, 3.8) is 0 Å². The molecule has 1 aromatic rings. The van der Waals surface area contributed by atoms with Gasteiger partial charge in [0, 0.05) is 13.2 Å². The standard InChI is InChI=1S/C11H11F3N2O3/c1-16(6-9(17)19-2)10(18)8-4-3-7(5-15-8)11(12,13)14/h3-5H,6H2,1-2H3. The van der Waals surface area contributed by atoms with Crippen LogP contribution in [0, 0.1) is 0 Å². The Labute approximate surface area is 107 Å². The fraction of sp³-hybridized carbons (Fsp3) is 0.364. The van der Waals surface area contributed by atoms with E-state index < -0.39 is 23.6 Å². The Morgan fingerprint density at radius 1 is 1.37 bits per heavy atom. The molecule has 0 saturated heterocycles. The van der Waals surface area contributed by atoms with Crippen LogP contribution in [0.15, 0.2) is 18.3 Å². The van der Waals surface area contributed by atoms with E-state index in [1.807, 2.05) is 0 Å². The fourth-order valence-corrected chi connectivity index (χ4v) is 1.21. The summed E-state index contributed by atoms with van der Waals surface area (Å²) in [7, 11) is 2.48. The predicted octanol–water partition coefficient (Wildman–Crippen LogP) is 1.35. The lowest BCUT2D eigenvalue weighted by Crippen LogP contribution is -2.33. The van der Waals surface area contributed by atoms with Crippen molar-refractivity contribution < 1.29 is 27.5 Å². The van der Waals surface area contributed by atoms with Gasteiger partial charge in [0.05, 0.1) is 12.7 Å². The number of methoxy groups -OCH3 is 1. The highest BCUT2D eigenvalue weighted by Gasteiger charge is 2.31. The number of carbonyl (C=O) groups excluding carboxylic acids is 2. The summed E-state index contributed by atoms with van der Waals surface area (Å²) in [4.78, 5) is 27.1. The van der Waals surface area contributed by atoms with Crippen LogP contribution < -0.4 is 0 Å². The van der Waals surface area contributed by atoms with Crippen LogP contribution in [0.25, 0.3) is 0 Å². The molecule has 8 heteroatoms. The zero-order valence-electron chi connectivity index (χ0n) is 10.2. The highest BCUT2D eigenvalue weighted by atomic mass is 19.4. The van der Waals surface area contributed by atoms with Crippen molar-refractivity contribution in [1.29, 1.82) is 0 Å². The molecule has 0 atom stereocenters. The lowest BCUT2D eigenvalue weighted by Gasteiger charge is -2.15. The third-order valence-electron chi connectivity index (χ3n) is 2.25. The number of alkyl halides is 3. The van der Waals surface area contributed by atoms with E-state index in [-0.39, 0.29) is 12.2 Å². The first-order valence-corrected chi connectivity index (χ1v) is 5.11. The van der Waals surface area contributed by atoms with Crippen LogP contribution in [0.3, 0.4) is 0 Å². The van der Waals surface area contributed by atoms with Gasteiger partial charge in [0.15, 0.2) is 0 Å². The molecule has 19 heavy (non-hydrogen) atoms. The molecule has 0 bridgehead atoms. The van der Waals surface area contributed by atoms with Crippen LogP contribution in [-0.2, 0) is 15.7 Å². The molecule has 0 fully saturated rings. The van der Waals surface area contributed by atoms with Crippen LogP contribution >= 0.6 is 0 Å². The molecule has 104 valence electrons. The lowest BCUT2D eigenvalue weighted by atomic mass is 10.2. The number of nitrogens with zero attached hydrogens (tertiary/aromatic N) is 2. The third-order valence-corrected chi connectivity index (χ3v) is 2.25. The van der Waals surface area contributed by atoms with Crippen LogP contribution in [0.2, 0.25) is 0 Å². The molecule has 0 unspecified atom stereocenters.